The normalized spacial score (nSPS) is 21.2. The van der Waals surface area contributed by atoms with Crippen LogP contribution in [0.15, 0.2) is 50.4 Å². The highest BCUT2D eigenvalue weighted by Crippen LogP contribution is 2.34. The van der Waals surface area contributed by atoms with Crippen LogP contribution in [0, 0.1) is 0 Å². The second-order valence-corrected chi connectivity index (χ2v) is 10.1. The van der Waals surface area contributed by atoms with Crippen molar-refractivity contribution in [1.82, 2.24) is 9.21 Å². The number of sulfonamides is 1. The Balaban J connectivity index is 1.54. The monoisotopic (exact) mass is 466 g/mol. The first-order valence-electron chi connectivity index (χ1n) is 9.63. The van der Waals surface area contributed by atoms with E-state index in [-0.39, 0.29) is 22.8 Å². The van der Waals surface area contributed by atoms with Gasteiger partial charge in [0, 0.05) is 24.1 Å². The number of carbonyl (C=O) groups excluding carboxylic acids is 1. The number of carbonyl (C=O) groups is 1. The largest absolute Gasteiger partial charge is 0.438 e. The predicted molar refractivity (Wildman–Crippen MR) is 108 cm³/mol. The number of rotatable bonds is 4. The maximum Gasteiger partial charge on any atom is 0.290 e. The number of hydrogen-bond acceptors (Lipinski definition) is 4. The molecule has 1 amide bonds. The summed E-state index contributed by atoms with van der Waals surface area (Å²) in [6, 6.07) is 10.8. The Bertz CT molecular complexity index is 949. The van der Waals surface area contributed by atoms with Crippen LogP contribution in [-0.4, -0.2) is 43.2 Å². The molecule has 0 aliphatic carbocycles. The Morgan fingerprint density at radius 3 is 2.39 bits per heavy atom. The first kappa shape index (κ1) is 19.7. The van der Waals surface area contributed by atoms with Gasteiger partial charge in [-0.1, -0.05) is 34.5 Å². The van der Waals surface area contributed by atoms with E-state index in [1.54, 1.807) is 4.90 Å². The van der Waals surface area contributed by atoms with Crippen LogP contribution in [0.25, 0.3) is 0 Å². The number of piperidine rings is 1. The molecule has 28 heavy (non-hydrogen) atoms. The van der Waals surface area contributed by atoms with E-state index in [4.69, 9.17) is 4.42 Å². The molecule has 0 spiro atoms. The first-order chi connectivity index (χ1) is 13.5. The van der Waals surface area contributed by atoms with E-state index in [0.29, 0.717) is 19.6 Å². The standard InChI is InChI=1S/C20H23BrN2O4S/c21-16-8-6-15(7-9-16)17-5-4-14-23(17)20(24)18-10-11-19(27-18)28(25,26)22-12-2-1-3-13-22/h6-11,17H,1-5,12-14H2. The van der Waals surface area contributed by atoms with Crippen molar-refractivity contribution in [3.05, 3.63) is 52.2 Å². The Hall–Kier alpha value is -1.64. The Morgan fingerprint density at radius 2 is 1.68 bits per heavy atom. The lowest BCUT2D eigenvalue weighted by Crippen LogP contribution is -2.35. The molecule has 0 saturated carbocycles. The third kappa shape index (κ3) is 3.77. The Labute approximate surface area is 173 Å². The van der Waals surface area contributed by atoms with Crippen LogP contribution >= 0.6 is 15.9 Å². The van der Waals surface area contributed by atoms with Crippen LogP contribution in [0.3, 0.4) is 0 Å². The lowest BCUT2D eigenvalue weighted by Gasteiger charge is -2.25. The Kier molecular flexibility index (Phi) is 5.62. The van der Waals surface area contributed by atoms with E-state index < -0.39 is 10.0 Å². The van der Waals surface area contributed by atoms with Crippen molar-refractivity contribution in [1.29, 1.82) is 0 Å². The molecule has 0 N–H and O–H groups in total. The van der Waals surface area contributed by atoms with Crippen molar-refractivity contribution >= 4 is 31.9 Å². The summed E-state index contributed by atoms with van der Waals surface area (Å²) in [5.74, 6) is -0.176. The molecule has 2 aliphatic rings. The van der Waals surface area contributed by atoms with E-state index in [2.05, 4.69) is 15.9 Å². The van der Waals surface area contributed by atoms with Gasteiger partial charge in [-0.05, 0) is 55.5 Å². The summed E-state index contributed by atoms with van der Waals surface area (Å²) in [5, 5.41) is -0.142. The van der Waals surface area contributed by atoms with Crippen molar-refractivity contribution in [2.45, 2.75) is 43.2 Å². The van der Waals surface area contributed by atoms with Gasteiger partial charge in [-0.15, -0.1) is 0 Å². The molecule has 4 rings (SSSR count). The molecule has 1 unspecified atom stereocenters. The number of likely N-dealkylation sites (tertiary alicyclic amines) is 1. The molecule has 150 valence electrons. The molecule has 2 saturated heterocycles. The van der Waals surface area contributed by atoms with Crippen LogP contribution in [0.5, 0.6) is 0 Å². The van der Waals surface area contributed by atoms with E-state index in [1.165, 1.54) is 16.4 Å². The molecular formula is C20H23BrN2O4S. The molecule has 1 aromatic carbocycles. The highest BCUT2D eigenvalue weighted by atomic mass is 79.9. The quantitative estimate of drug-likeness (QED) is 0.676. The predicted octanol–water partition coefficient (Wildman–Crippen LogP) is 4.19. The van der Waals surface area contributed by atoms with Gasteiger partial charge in [-0.25, -0.2) is 8.42 Å². The first-order valence-corrected chi connectivity index (χ1v) is 11.9. The molecule has 0 radical (unpaired) electrons. The number of amides is 1. The third-order valence-electron chi connectivity index (χ3n) is 5.47. The van der Waals surface area contributed by atoms with E-state index in [1.807, 2.05) is 24.3 Å². The summed E-state index contributed by atoms with van der Waals surface area (Å²) in [6.45, 7) is 1.64. The highest BCUT2D eigenvalue weighted by Gasteiger charge is 2.34. The Morgan fingerprint density at radius 1 is 0.964 bits per heavy atom. The van der Waals surface area contributed by atoms with Gasteiger partial charge >= 0.3 is 0 Å². The zero-order valence-corrected chi connectivity index (χ0v) is 17.9. The zero-order valence-electron chi connectivity index (χ0n) is 15.5. The lowest BCUT2D eigenvalue weighted by molar-refractivity contribution is 0.0697. The van der Waals surface area contributed by atoms with E-state index in [9.17, 15) is 13.2 Å². The summed E-state index contributed by atoms with van der Waals surface area (Å²) < 4.78 is 33.5. The smallest absolute Gasteiger partial charge is 0.290 e. The molecule has 8 heteroatoms. The van der Waals surface area contributed by atoms with Crippen molar-refractivity contribution in [3.63, 3.8) is 0 Å². The second kappa shape index (κ2) is 8.00. The van der Waals surface area contributed by atoms with E-state index >= 15 is 0 Å². The van der Waals surface area contributed by atoms with Crippen molar-refractivity contribution < 1.29 is 17.6 Å². The summed E-state index contributed by atoms with van der Waals surface area (Å²) >= 11 is 3.43. The summed E-state index contributed by atoms with van der Waals surface area (Å²) in [6.07, 6.45) is 4.54. The molecule has 2 fully saturated rings. The summed E-state index contributed by atoms with van der Waals surface area (Å²) in [5.41, 5.74) is 1.07. The fourth-order valence-corrected chi connectivity index (χ4v) is 5.68. The van der Waals surface area contributed by atoms with Crippen LogP contribution in [0.2, 0.25) is 0 Å². The SMILES string of the molecule is O=C(c1ccc(S(=O)(=O)N2CCCCC2)o1)N1CCCC1c1ccc(Br)cc1. The molecule has 2 aromatic rings. The molecule has 3 heterocycles. The van der Waals surface area contributed by atoms with E-state index in [0.717, 1.165) is 42.1 Å². The maximum absolute atomic E-state index is 13.0. The fraction of sp³-hybridized carbons (Fsp3) is 0.450. The molecule has 6 nitrogen and oxygen atoms in total. The summed E-state index contributed by atoms with van der Waals surface area (Å²) in [4.78, 5) is 14.8. The molecule has 1 atom stereocenters. The summed E-state index contributed by atoms with van der Waals surface area (Å²) in [7, 11) is -3.68. The number of benzene rings is 1. The van der Waals surface area contributed by atoms with Gasteiger partial charge in [0.1, 0.15) is 0 Å². The van der Waals surface area contributed by atoms with Crippen LogP contribution < -0.4 is 0 Å². The zero-order chi connectivity index (χ0) is 19.7. The molecule has 2 aliphatic heterocycles. The van der Waals surface area contributed by atoms with Gasteiger partial charge in [-0.3, -0.25) is 4.79 Å². The number of furan rings is 1. The van der Waals surface area contributed by atoms with Gasteiger partial charge in [0.2, 0.25) is 5.09 Å². The second-order valence-electron chi connectivity index (χ2n) is 7.29. The average Bonchev–Trinajstić information content (AvgIpc) is 3.39. The van der Waals surface area contributed by atoms with Crippen molar-refractivity contribution in [3.8, 4) is 0 Å². The highest BCUT2D eigenvalue weighted by molar-refractivity contribution is 9.10. The van der Waals surface area contributed by atoms with Gasteiger partial charge < -0.3 is 9.32 Å². The van der Waals surface area contributed by atoms with Gasteiger partial charge in [0.15, 0.2) is 5.76 Å². The number of nitrogens with zero attached hydrogens (tertiary/aromatic N) is 2. The molecular weight excluding hydrogens is 444 g/mol. The van der Waals surface area contributed by atoms with Gasteiger partial charge in [-0.2, -0.15) is 4.31 Å². The van der Waals surface area contributed by atoms with Gasteiger partial charge in [0.05, 0.1) is 6.04 Å². The van der Waals surface area contributed by atoms with Crippen molar-refractivity contribution in [2.24, 2.45) is 0 Å². The minimum absolute atomic E-state index is 0.0205. The maximum atomic E-state index is 13.0. The lowest BCUT2D eigenvalue weighted by atomic mass is 10.0. The van der Waals surface area contributed by atoms with Gasteiger partial charge in [0.25, 0.3) is 15.9 Å². The number of hydrogen-bond donors (Lipinski definition) is 0. The van der Waals surface area contributed by atoms with Crippen LogP contribution in [0.1, 0.15) is 54.3 Å². The molecule has 1 aromatic heterocycles. The average molecular weight is 467 g/mol. The molecule has 0 bridgehead atoms. The minimum atomic E-state index is -3.68. The minimum Gasteiger partial charge on any atom is -0.438 e. The third-order valence-corrected chi connectivity index (χ3v) is 7.77. The number of halogens is 1. The fourth-order valence-electron chi connectivity index (χ4n) is 3.99. The van der Waals surface area contributed by atoms with Crippen molar-refractivity contribution in [2.75, 3.05) is 19.6 Å². The van der Waals surface area contributed by atoms with Crippen LogP contribution in [0.4, 0.5) is 0 Å². The topological polar surface area (TPSA) is 70.8 Å². The van der Waals surface area contributed by atoms with Crippen LogP contribution in [-0.2, 0) is 10.0 Å².